The van der Waals surface area contributed by atoms with Gasteiger partial charge in [-0.25, -0.2) is 0 Å². The van der Waals surface area contributed by atoms with E-state index in [9.17, 15) is 14.9 Å². The Hall–Kier alpha value is -3.94. The molecule has 140 valence electrons. The molecule has 0 radical (unpaired) electrons. The smallest absolute Gasteiger partial charge is 0.269 e. The molecule has 4 rings (SSSR count). The van der Waals surface area contributed by atoms with Gasteiger partial charge in [-0.15, -0.1) is 0 Å². The maximum Gasteiger partial charge on any atom is 0.269 e. The van der Waals surface area contributed by atoms with Gasteiger partial charge in [-0.05, 0) is 48.5 Å². The van der Waals surface area contributed by atoms with Gasteiger partial charge in [0, 0.05) is 29.7 Å². The lowest BCUT2D eigenvalue weighted by Gasteiger charge is -2.26. The topological polar surface area (TPSA) is 97.6 Å². The maximum atomic E-state index is 13.0. The first-order valence-electron chi connectivity index (χ1n) is 8.52. The molecule has 0 saturated heterocycles. The van der Waals surface area contributed by atoms with Crippen LogP contribution >= 0.6 is 0 Å². The van der Waals surface area contributed by atoms with Gasteiger partial charge >= 0.3 is 0 Å². The minimum absolute atomic E-state index is 0.00131. The van der Waals surface area contributed by atoms with Crippen LogP contribution in [0.5, 0.6) is 5.75 Å². The third kappa shape index (κ3) is 3.01. The number of non-ortho nitro benzene ring substituents is 1. The molecule has 0 aliphatic carbocycles. The predicted octanol–water partition coefficient (Wildman–Crippen LogP) is 3.77. The first-order valence-corrected chi connectivity index (χ1v) is 8.52. The number of anilines is 2. The fourth-order valence-corrected chi connectivity index (χ4v) is 3.16. The number of ether oxygens (including phenoxy) is 1. The van der Waals surface area contributed by atoms with Crippen LogP contribution in [-0.4, -0.2) is 22.9 Å². The summed E-state index contributed by atoms with van der Waals surface area (Å²) in [6.45, 7) is 0. The second-order valence-electron chi connectivity index (χ2n) is 6.16. The molecule has 1 N–H and O–H groups in total. The summed E-state index contributed by atoms with van der Waals surface area (Å²) in [5.74, 6) is 0.513. The van der Waals surface area contributed by atoms with E-state index in [4.69, 9.17) is 4.74 Å². The highest BCUT2D eigenvalue weighted by Crippen LogP contribution is 2.37. The van der Waals surface area contributed by atoms with Crippen LogP contribution in [0.3, 0.4) is 0 Å². The van der Waals surface area contributed by atoms with Crippen molar-refractivity contribution in [3.05, 3.63) is 88.2 Å². The van der Waals surface area contributed by atoms with Crippen molar-refractivity contribution in [2.75, 3.05) is 17.3 Å². The largest absolute Gasteiger partial charge is 0.497 e. The maximum absolute atomic E-state index is 13.0. The van der Waals surface area contributed by atoms with Crippen LogP contribution in [0.2, 0.25) is 0 Å². The Balaban J connectivity index is 1.71. The van der Waals surface area contributed by atoms with Gasteiger partial charge in [-0.1, -0.05) is 0 Å². The van der Waals surface area contributed by atoms with Crippen LogP contribution in [0.15, 0.2) is 66.9 Å². The third-order valence-corrected chi connectivity index (χ3v) is 4.54. The lowest BCUT2D eigenvalue weighted by atomic mass is 10.2. The number of carbonyl (C=O) groups excluding carboxylic acids is 1. The van der Waals surface area contributed by atoms with Crippen molar-refractivity contribution in [1.29, 1.82) is 0 Å². The Morgan fingerprint density at radius 1 is 1.11 bits per heavy atom. The number of benzene rings is 2. The molecule has 1 aromatic heterocycles. The third-order valence-electron chi connectivity index (χ3n) is 4.54. The number of hydrogen-bond acceptors (Lipinski definition) is 6. The molecule has 3 aromatic rings. The normalized spacial score (nSPS) is 15.2. The number of hydrogen-bond donors (Lipinski definition) is 1. The molecule has 1 unspecified atom stereocenters. The van der Waals surface area contributed by atoms with Crippen molar-refractivity contribution in [3.8, 4) is 5.75 Å². The zero-order valence-corrected chi connectivity index (χ0v) is 14.9. The van der Waals surface area contributed by atoms with Gasteiger partial charge in [0.05, 0.1) is 23.3 Å². The summed E-state index contributed by atoms with van der Waals surface area (Å²) in [7, 11) is 1.58. The molecule has 8 heteroatoms. The van der Waals surface area contributed by atoms with Crippen molar-refractivity contribution in [2.24, 2.45) is 0 Å². The number of methoxy groups -OCH3 is 1. The molecule has 0 bridgehead atoms. The lowest BCUT2D eigenvalue weighted by Crippen LogP contribution is -2.32. The number of rotatable bonds is 5. The van der Waals surface area contributed by atoms with E-state index in [1.807, 2.05) is 0 Å². The Labute approximate surface area is 160 Å². The Morgan fingerprint density at radius 3 is 2.46 bits per heavy atom. The second kappa shape index (κ2) is 6.99. The average molecular weight is 376 g/mol. The summed E-state index contributed by atoms with van der Waals surface area (Å²) < 4.78 is 5.19. The molecule has 1 aliphatic heterocycles. The van der Waals surface area contributed by atoms with E-state index in [-0.39, 0.29) is 11.6 Å². The average Bonchev–Trinajstić information content (AvgIpc) is 3.00. The summed E-state index contributed by atoms with van der Waals surface area (Å²) in [6.07, 6.45) is 1.09. The minimum Gasteiger partial charge on any atom is -0.497 e. The highest BCUT2D eigenvalue weighted by molar-refractivity contribution is 6.11. The summed E-state index contributed by atoms with van der Waals surface area (Å²) in [5, 5.41) is 14.1. The fourth-order valence-electron chi connectivity index (χ4n) is 3.16. The predicted molar refractivity (Wildman–Crippen MR) is 104 cm³/mol. The molecule has 28 heavy (non-hydrogen) atoms. The molecule has 0 spiro atoms. The molecule has 2 aromatic carbocycles. The van der Waals surface area contributed by atoms with E-state index in [0.717, 1.165) is 0 Å². The summed E-state index contributed by atoms with van der Waals surface area (Å²) in [5.41, 5.74) is 2.43. The van der Waals surface area contributed by atoms with Crippen molar-refractivity contribution in [2.45, 2.75) is 6.17 Å². The van der Waals surface area contributed by atoms with Crippen LogP contribution in [0.25, 0.3) is 0 Å². The first-order chi connectivity index (χ1) is 13.6. The Bertz CT molecular complexity index is 1030. The molecule has 0 saturated carbocycles. The monoisotopic (exact) mass is 376 g/mol. The zero-order valence-electron chi connectivity index (χ0n) is 14.9. The Morgan fingerprint density at radius 2 is 1.82 bits per heavy atom. The summed E-state index contributed by atoms with van der Waals surface area (Å²) in [4.78, 5) is 29.4. The van der Waals surface area contributed by atoms with Gasteiger partial charge in [0.1, 0.15) is 5.75 Å². The van der Waals surface area contributed by atoms with E-state index >= 15 is 0 Å². The molecular weight excluding hydrogens is 360 g/mol. The van der Waals surface area contributed by atoms with E-state index < -0.39 is 11.1 Å². The van der Waals surface area contributed by atoms with Crippen molar-refractivity contribution in [1.82, 2.24) is 4.98 Å². The second-order valence-corrected chi connectivity index (χ2v) is 6.16. The van der Waals surface area contributed by atoms with Crippen LogP contribution in [0.4, 0.5) is 17.1 Å². The molecule has 1 amide bonds. The zero-order chi connectivity index (χ0) is 19.7. The molecule has 1 atom stereocenters. The number of nitrogens with zero attached hydrogens (tertiary/aromatic N) is 3. The standard InChI is InChI=1S/C20H16N4O4/c1-28-16-10-8-14(9-11-16)23-19(18-17(20(23)25)3-2-12-21-18)22-13-4-6-15(7-5-13)24(26)27/h2-12,19,22H,1H3. The first kappa shape index (κ1) is 17.5. The van der Waals surface area contributed by atoms with E-state index in [2.05, 4.69) is 10.3 Å². The number of nitro benzene ring substituents is 1. The van der Waals surface area contributed by atoms with E-state index in [1.54, 1.807) is 66.7 Å². The Kier molecular flexibility index (Phi) is 4.36. The van der Waals surface area contributed by atoms with Gasteiger partial charge in [0.2, 0.25) is 0 Å². The van der Waals surface area contributed by atoms with Gasteiger partial charge in [-0.3, -0.25) is 24.8 Å². The van der Waals surface area contributed by atoms with Crippen molar-refractivity contribution in [3.63, 3.8) is 0 Å². The van der Waals surface area contributed by atoms with Crippen LogP contribution < -0.4 is 15.0 Å². The fraction of sp³-hybridized carbons (Fsp3) is 0.100. The number of fused-ring (bicyclic) bond motifs is 1. The van der Waals surface area contributed by atoms with Gasteiger partial charge in [0.15, 0.2) is 6.17 Å². The minimum atomic E-state index is -0.543. The van der Waals surface area contributed by atoms with Gasteiger partial charge in [0.25, 0.3) is 11.6 Å². The van der Waals surface area contributed by atoms with Gasteiger partial charge < -0.3 is 10.1 Å². The van der Waals surface area contributed by atoms with E-state index in [0.29, 0.717) is 28.4 Å². The molecule has 2 heterocycles. The summed E-state index contributed by atoms with van der Waals surface area (Å²) in [6, 6.07) is 16.7. The summed E-state index contributed by atoms with van der Waals surface area (Å²) >= 11 is 0. The number of aromatic nitrogens is 1. The number of pyridine rings is 1. The molecule has 8 nitrogen and oxygen atoms in total. The van der Waals surface area contributed by atoms with Gasteiger partial charge in [-0.2, -0.15) is 0 Å². The molecule has 1 aliphatic rings. The molecule has 0 fully saturated rings. The van der Waals surface area contributed by atoms with Crippen LogP contribution in [0, 0.1) is 10.1 Å². The number of amides is 1. The lowest BCUT2D eigenvalue weighted by molar-refractivity contribution is -0.384. The van der Waals surface area contributed by atoms with Crippen LogP contribution in [-0.2, 0) is 0 Å². The van der Waals surface area contributed by atoms with E-state index in [1.165, 1.54) is 12.1 Å². The molecular formula is C20H16N4O4. The highest BCUT2D eigenvalue weighted by Gasteiger charge is 2.39. The van der Waals surface area contributed by atoms with Crippen molar-refractivity contribution >= 4 is 23.0 Å². The highest BCUT2D eigenvalue weighted by atomic mass is 16.6. The van der Waals surface area contributed by atoms with Crippen molar-refractivity contribution < 1.29 is 14.5 Å². The number of nitrogens with one attached hydrogen (secondary N) is 1. The number of carbonyl (C=O) groups is 1. The van der Waals surface area contributed by atoms with Crippen LogP contribution in [0.1, 0.15) is 22.2 Å². The SMILES string of the molecule is COc1ccc(N2C(=O)c3cccnc3C2Nc2ccc([N+](=O)[O-])cc2)cc1. The quantitative estimate of drug-likeness (QED) is 0.538. The number of nitro groups is 1.